The molecule has 3 rings (SSSR count). The SMILES string of the molecule is COc1ccccc1SC[C@H](CN[C@@H]1COc2ccccc2SC1)C(C)C.O=C(O)/C=C\C(=O)O. The van der Waals surface area contributed by atoms with Crippen LogP contribution in [0.3, 0.4) is 0 Å². The summed E-state index contributed by atoms with van der Waals surface area (Å²) >= 11 is 3.77. The number of carbonyl (C=O) groups is 2. The van der Waals surface area contributed by atoms with Crippen molar-refractivity contribution in [1.29, 1.82) is 0 Å². The Balaban J connectivity index is 0.000000466. The normalized spacial score (nSPS) is 15.8. The van der Waals surface area contributed by atoms with Gasteiger partial charge in [-0.3, -0.25) is 0 Å². The third-order valence-corrected chi connectivity index (χ3v) is 7.69. The van der Waals surface area contributed by atoms with Crippen molar-refractivity contribution in [1.82, 2.24) is 5.32 Å². The highest BCUT2D eigenvalue weighted by Crippen LogP contribution is 2.33. The Morgan fingerprint density at radius 2 is 1.80 bits per heavy atom. The molecule has 0 saturated heterocycles. The van der Waals surface area contributed by atoms with Crippen molar-refractivity contribution in [3.63, 3.8) is 0 Å². The Hall–Kier alpha value is -2.62. The third kappa shape index (κ3) is 10.7. The summed E-state index contributed by atoms with van der Waals surface area (Å²) in [7, 11) is 1.74. The predicted molar refractivity (Wildman–Crippen MR) is 141 cm³/mol. The number of aliphatic carboxylic acids is 2. The number of carboxylic acid groups (broad SMARTS) is 2. The average molecular weight is 520 g/mol. The number of thioether (sulfide) groups is 2. The number of rotatable bonds is 10. The molecule has 0 spiro atoms. The Labute approximate surface area is 215 Å². The molecule has 1 aliphatic rings. The van der Waals surface area contributed by atoms with E-state index >= 15 is 0 Å². The van der Waals surface area contributed by atoms with Gasteiger partial charge in [0.05, 0.1) is 13.2 Å². The Kier molecular flexibility index (Phi) is 12.6. The third-order valence-electron chi connectivity index (χ3n) is 5.23. The van der Waals surface area contributed by atoms with Crippen LogP contribution in [0.4, 0.5) is 0 Å². The van der Waals surface area contributed by atoms with Crippen molar-refractivity contribution >= 4 is 35.5 Å². The summed E-state index contributed by atoms with van der Waals surface area (Å²) in [5, 5.41) is 19.4. The van der Waals surface area contributed by atoms with Gasteiger partial charge in [-0.15, -0.1) is 23.5 Å². The molecule has 0 aliphatic carbocycles. The molecule has 2 aromatic carbocycles. The van der Waals surface area contributed by atoms with Crippen LogP contribution < -0.4 is 14.8 Å². The first kappa shape index (κ1) is 28.6. The molecular formula is C26H33NO6S2. The Bertz CT molecular complexity index is 939. The molecule has 0 unspecified atom stereocenters. The fraction of sp³-hybridized carbons (Fsp3) is 0.385. The number of methoxy groups -OCH3 is 1. The van der Waals surface area contributed by atoms with Crippen LogP contribution in [-0.4, -0.2) is 60.0 Å². The van der Waals surface area contributed by atoms with Crippen LogP contribution in [0.1, 0.15) is 13.8 Å². The van der Waals surface area contributed by atoms with Gasteiger partial charge < -0.3 is 25.0 Å². The molecule has 9 heteroatoms. The molecule has 3 N–H and O–H groups in total. The summed E-state index contributed by atoms with van der Waals surface area (Å²) in [5.74, 6) is 2.79. The predicted octanol–water partition coefficient (Wildman–Crippen LogP) is 4.91. The van der Waals surface area contributed by atoms with Crippen LogP contribution in [0.15, 0.2) is 70.5 Å². The lowest BCUT2D eigenvalue weighted by Crippen LogP contribution is -2.40. The molecule has 2 aromatic rings. The van der Waals surface area contributed by atoms with E-state index in [2.05, 4.69) is 49.5 Å². The van der Waals surface area contributed by atoms with Crippen LogP contribution >= 0.6 is 23.5 Å². The van der Waals surface area contributed by atoms with Crippen LogP contribution in [0.2, 0.25) is 0 Å². The highest BCUT2D eigenvalue weighted by molar-refractivity contribution is 7.99. The summed E-state index contributed by atoms with van der Waals surface area (Å²) in [6.07, 6.45) is 1.12. The number of hydrogen-bond donors (Lipinski definition) is 3. The van der Waals surface area contributed by atoms with Gasteiger partial charge in [-0.05, 0) is 42.6 Å². The maximum atomic E-state index is 9.55. The van der Waals surface area contributed by atoms with Crippen molar-refractivity contribution in [2.75, 3.05) is 31.8 Å². The highest BCUT2D eigenvalue weighted by atomic mass is 32.2. The first-order valence-corrected chi connectivity index (χ1v) is 13.2. The van der Waals surface area contributed by atoms with Crippen molar-refractivity contribution in [2.24, 2.45) is 11.8 Å². The van der Waals surface area contributed by atoms with E-state index in [1.165, 1.54) is 9.79 Å². The van der Waals surface area contributed by atoms with E-state index in [1.807, 2.05) is 41.7 Å². The molecular weight excluding hydrogens is 486 g/mol. The lowest BCUT2D eigenvalue weighted by Gasteiger charge is -2.24. The number of benzene rings is 2. The fourth-order valence-electron chi connectivity index (χ4n) is 3.12. The standard InChI is InChI=1S/C22H29NO2S2.C4H4O4/c1-16(2)17(14-26-21-10-6-4-8-19(21)24-3)12-23-18-13-25-20-9-5-7-11-22(20)27-15-18;5-3(6)1-2-4(7)8/h4-11,16-18,23H,12-15H2,1-3H3;1-2H,(H,5,6)(H,7,8)/b;2-1-/t17-,18+;/m0./s1. The number of fused-ring (bicyclic) bond motifs is 1. The summed E-state index contributed by atoms with van der Waals surface area (Å²) < 4.78 is 11.5. The molecule has 0 saturated carbocycles. The van der Waals surface area contributed by atoms with Crippen LogP contribution in [-0.2, 0) is 9.59 Å². The van der Waals surface area contributed by atoms with Gasteiger partial charge in [-0.1, -0.05) is 38.1 Å². The molecule has 0 amide bonds. The molecule has 0 aromatic heterocycles. The number of para-hydroxylation sites is 2. The fourth-order valence-corrected chi connectivity index (χ4v) is 5.52. The second-order valence-electron chi connectivity index (χ2n) is 8.15. The number of hydrogen-bond acceptors (Lipinski definition) is 7. The Morgan fingerprint density at radius 3 is 2.46 bits per heavy atom. The van der Waals surface area contributed by atoms with Gasteiger partial charge in [0.25, 0.3) is 0 Å². The molecule has 1 heterocycles. The minimum absolute atomic E-state index is 0.375. The molecule has 190 valence electrons. The van der Waals surface area contributed by atoms with Crippen LogP contribution in [0.5, 0.6) is 11.5 Å². The topological polar surface area (TPSA) is 105 Å². The molecule has 1 aliphatic heterocycles. The van der Waals surface area contributed by atoms with E-state index in [0.717, 1.165) is 36.2 Å². The maximum Gasteiger partial charge on any atom is 0.328 e. The lowest BCUT2D eigenvalue weighted by atomic mass is 9.98. The van der Waals surface area contributed by atoms with Crippen LogP contribution in [0.25, 0.3) is 0 Å². The smallest absolute Gasteiger partial charge is 0.328 e. The number of nitrogens with one attached hydrogen (secondary N) is 1. The Morgan fingerprint density at radius 1 is 1.14 bits per heavy atom. The van der Waals surface area contributed by atoms with E-state index in [-0.39, 0.29) is 0 Å². The quantitative estimate of drug-likeness (QED) is 0.298. The second-order valence-corrected chi connectivity index (χ2v) is 10.3. The van der Waals surface area contributed by atoms with E-state index in [1.54, 1.807) is 7.11 Å². The van der Waals surface area contributed by atoms with Gasteiger partial charge in [0, 0.05) is 33.4 Å². The van der Waals surface area contributed by atoms with Gasteiger partial charge in [0.2, 0.25) is 0 Å². The zero-order valence-electron chi connectivity index (χ0n) is 20.2. The van der Waals surface area contributed by atoms with E-state index in [9.17, 15) is 9.59 Å². The highest BCUT2D eigenvalue weighted by Gasteiger charge is 2.20. The first-order chi connectivity index (χ1) is 16.8. The first-order valence-electron chi connectivity index (χ1n) is 11.3. The molecule has 0 bridgehead atoms. The average Bonchev–Trinajstić information content (AvgIpc) is 3.05. The van der Waals surface area contributed by atoms with Crippen molar-refractivity contribution in [3.8, 4) is 11.5 Å². The van der Waals surface area contributed by atoms with Gasteiger partial charge >= 0.3 is 11.9 Å². The molecule has 0 radical (unpaired) electrons. The van der Waals surface area contributed by atoms with Crippen LogP contribution in [0, 0.1) is 11.8 Å². The summed E-state index contributed by atoms with van der Waals surface area (Å²) in [6, 6.07) is 17.0. The largest absolute Gasteiger partial charge is 0.496 e. The lowest BCUT2D eigenvalue weighted by molar-refractivity contribution is -0.134. The summed E-state index contributed by atoms with van der Waals surface area (Å²) in [4.78, 5) is 21.6. The van der Waals surface area contributed by atoms with E-state index < -0.39 is 11.9 Å². The molecule has 2 atom stereocenters. The zero-order chi connectivity index (χ0) is 25.6. The number of carboxylic acids is 2. The number of ether oxygens (including phenoxy) is 2. The molecule has 7 nitrogen and oxygen atoms in total. The van der Waals surface area contributed by atoms with E-state index in [0.29, 0.717) is 30.0 Å². The molecule has 35 heavy (non-hydrogen) atoms. The second kappa shape index (κ2) is 15.4. The summed E-state index contributed by atoms with van der Waals surface area (Å²) in [5.41, 5.74) is 0. The van der Waals surface area contributed by atoms with Crippen molar-refractivity contribution in [2.45, 2.75) is 29.7 Å². The van der Waals surface area contributed by atoms with Gasteiger partial charge in [0.1, 0.15) is 18.1 Å². The zero-order valence-corrected chi connectivity index (χ0v) is 21.8. The van der Waals surface area contributed by atoms with Gasteiger partial charge in [0.15, 0.2) is 0 Å². The minimum atomic E-state index is -1.26. The van der Waals surface area contributed by atoms with Gasteiger partial charge in [-0.25, -0.2) is 9.59 Å². The monoisotopic (exact) mass is 519 g/mol. The minimum Gasteiger partial charge on any atom is -0.496 e. The van der Waals surface area contributed by atoms with Crippen molar-refractivity contribution in [3.05, 3.63) is 60.7 Å². The molecule has 0 fully saturated rings. The van der Waals surface area contributed by atoms with Gasteiger partial charge in [-0.2, -0.15) is 0 Å². The van der Waals surface area contributed by atoms with Crippen molar-refractivity contribution < 1.29 is 29.3 Å². The summed E-state index contributed by atoms with van der Waals surface area (Å²) in [6.45, 7) is 6.35. The van der Waals surface area contributed by atoms with E-state index in [4.69, 9.17) is 19.7 Å². The maximum absolute atomic E-state index is 9.55.